The standard InChI is InChI=1S/C9H7NO4/c11-4-6(5-12)7-2-1-3-8(10-7)9(13)14/h1-5,11H,(H,13,14)/b6-4+. The number of carbonyl (C=O) groups is 2. The summed E-state index contributed by atoms with van der Waals surface area (Å²) < 4.78 is 0. The predicted octanol–water partition coefficient (Wildman–Crippen LogP) is 0.878. The minimum atomic E-state index is -1.19. The van der Waals surface area contributed by atoms with E-state index in [1.54, 1.807) is 0 Å². The molecule has 0 fully saturated rings. The number of aromatic nitrogens is 1. The molecular weight excluding hydrogens is 186 g/mol. The molecule has 0 radical (unpaired) electrons. The van der Waals surface area contributed by atoms with Crippen molar-refractivity contribution in [3.63, 3.8) is 0 Å². The third kappa shape index (κ3) is 1.95. The van der Waals surface area contributed by atoms with Crippen LogP contribution in [0.1, 0.15) is 16.2 Å². The molecule has 1 rings (SSSR count). The second-order valence-corrected chi connectivity index (χ2v) is 2.42. The number of carbonyl (C=O) groups excluding carboxylic acids is 1. The van der Waals surface area contributed by atoms with Gasteiger partial charge in [-0.3, -0.25) is 4.79 Å². The van der Waals surface area contributed by atoms with Gasteiger partial charge in [0.25, 0.3) is 0 Å². The zero-order chi connectivity index (χ0) is 10.6. The third-order valence-corrected chi connectivity index (χ3v) is 1.53. The Kier molecular flexibility index (Phi) is 2.96. The maximum Gasteiger partial charge on any atom is 0.354 e. The van der Waals surface area contributed by atoms with Crippen LogP contribution in [0.5, 0.6) is 0 Å². The molecule has 1 aromatic rings. The van der Waals surface area contributed by atoms with Gasteiger partial charge < -0.3 is 10.2 Å². The molecule has 0 aromatic carbocycles. The normalized spacial score (nSPS) is 11.0. The van der Waals surface area contributed by atoms with Gasteiger partial charge in [-0.05, 0) is 12.1 Å². The van der Waals surface area contributed by atoms with Crippen LogP contribution in [-0.2, 0) is 4.79 Å². The Morgan fingerprint density at radius 1 is 1.36 bits per heavy atom. The van der Waals surface area contributed by atoms with Crippen LogP contribution in [0.3, 0.4) is 0 Å². The number of aldehydes is 1. The summed E-state index contributed by atoms with van der Waals surface area (Å²) in [6.45, 7) is 0. The maximum absolute atomic E-state index is 10.5. The molecule has 14 heavy (non-hydrogen) atoms. The van der Waals surface area contributed by atoms with Gasteiger partial charge in [-0.2, -0.15) is 0 Å². The zero-order valence-electron chi connectivity index (χ0n) is 7.04. The SMILES string of the molecule is O=C/C(=C\O)c1cccc(C(=O)O)n1. The highest BCUT2D eigenvalue weighted by Crippen LogP contribution is 2.08. The van der Waals surface area contributed by atoms with Crippen LogP contribution in [0.2, 0.25) is 0 Å². The van der Waals surface area contributed by atoms with Crippen molar-refractivity contribution in [2.45, 2.75) is 0 Å². The monoisotopic (exact) mass is 193 g/mol. The lowest BCUT2D eigenvalue weighted by Gasteiger charge is -1.98. The molecule has 2 N–H and O–H groups in total. The summed E-state index contributed by atoms with van der Waals surface area (Å²) >= 11 is 0. The van der Waals surface area contributed by atoms with Crippen molar-refractivity contribution in [1.29, 1.82) is 0 Å². The lowest BCUT2D eigenvalue weighted by atomic mass is 10.2. The van der Waals surface area contributed by atoms with E-state index >= 15 is 0 Å². The van der Waals surface area contributed by atoms with E-state index in [1.807, 2.05) is 0 Å². The molecule has 0 aliphatic rings. The number of hydrogen-bond acceptors (Lipinski definition) is 4. The molecule has 0 bridgehead atoms. The van der Waals surface area contributed by atoms with Crippen molar-refractivity contribution < 1.29 is 19.8 Å². The number of aromatic carboxylic acids is 1. The van der Waals surface area contributed by atoms with Crippen LogP contribution in [0.25, 0.3) is 5.57 Å². The van der Waals surface area contributed by atoms with Gasteiger partial charge in [0.05, 0.1) is 17.5 Å². The molecule has 1 heterocycles. The van der Waals surface area contributed by atoms with E-state index in [-0.39, 0.29) is 17.0 Å². The number of carboxylic acids is 1. The fourth-order valence-electron chi connectivity index (χ4n) is 0.872. The summed E-state index contributed by atoms with van der Waals surface area (Å²) in [4.78, 5) is 24.6. The molecule has 0 spiro atoms. The largest absolute Gasteiger partial charge is 0.515 e. The van der Waals surface area contributed by atoms with Crippen LogP contribution in [-0.4, -0.2) is 27.5 Å². The Bertz CT molecular complexity index is 398. The second-order valence-electron chi connectivity index (χ2n) is 2.42. The van der Waals surface area contributed by atoms with Crippen LogP contribution in [0.4, 0.5) is 0 Å². The Morgan fingerprint density at radius 3 is 2.50 bits per heavy atom. The number of aliphatic hydroxyl groups is 1. The Balaban J connectivity index is 3.17. The smallest absolute Gasteiger partial charge is 0.354 e. The third-order valence-electron chi connectivity index (χ3n) is 1.53. The lowest BCUT2D eigenvalue weighted by Crippen LogP contribution is -2.02. The molecule has 0 amide bonds. The summed E-state index contributed by atoms with van der Waals surface area (Å²) in [7, 11) is 0. The first-order chi connectivity index (χ1) is 6.69. The highest BCUT2D eigenvalue weighted by molar-refractivity contribution is 6.05. The molecular formula is C9H7NO4. The molecule has 5 nitrogen and oxygen atoms in total. The fourth-order valence-corrected chi connectivity index (χ4v) is 0.872. The summed E-state index contributed by atoms with van der Waals surface area (Å²) in [6, 6.07) is 4.17. The molecule has 0 saturated heterocycles. The van der Waals surface area contributed by atoms with Crippen molar-refractivity contribution in [3.8, 4) is 0 Å². The van der Waals surface area contributed by atoms with Crippen LogP contribution >= 0.6 is 0 Å². The Labute approximate surface area is 79.3 Å². The fraction of sp³-hybridized carbons (Fsp3) is 0. The van der Waals surface area contributed by atoms with Crippen LogP contribution in [0, 0.1) is 0 Å². The van der Waals surface area contributed by atoms with Gasteiger partial charge in [0.2, 0.25) is 0 Å². The first kappa shape index (κ1) is 9.91. The van der Waals surface area contributed by atoms with E-state index in [4.69, 9.17) is 10.2 Å². The van der Waals surface area contributed by atoms with Gasteiger partial charge in [-0.1, -0.05) is 6.07 Å². The van der Waals surface area contributed by atoms with Crippen molar-refractivity contribution >= 4 is 17.8 Å². The zero-order valence-corrected chi connectivity index (χ0v) is 7.04. The van der Waals surface area contributed by atoms with Gasteiger partial charge in [0.1, 0.15) is 5.69 Å². The van der Waals surface area contributed by atoms with Crippen molar-refractivity contribution in [2.24, 2.45) is 0 Å². The van der Waals surface area contributed by atoms with Crippen LogP contribution < -0.4 is 0 Å². The molecule has 0 aliphatic heterocycles. The Hall–Kier alpha value is -2.17. The van der Waals surface area contributed by atoms with Gasteiger partial charge in [0, 0.05) is 0 Å². The Morgan fingerprint density at radius 2 is 2.00 bits per heavy atom. The number of nitrogens with zero attached hydrogens (tertiary/aromatic N) is 1. The van der Waals surface area contributed by atoms with E-state index < -0.39 is 5.97 Å². The molecule has 0 atom stereocenters. The van der Waals surface area contributed by atoms with E-state index in [1.165, 1.54) is 18.2 Å². The van der Waals surface area contributed by atoms with E-state index in [2.05, 4.69) is 4.98 Å². The number of pyridine rings is 1. The van der Waals surface area contributed by atoms with E-state index in [0.29, 0.717) is 12.5 Å². The maximum atomic E-state index is 10.5. The number of rotatable bonds is 3. The number of hydrogen-bond donors (Lipinski definition) is 2. The van der Waals surface area contributed by atoms with Crippen molar-refractivity contribution in [3.05, 3.63) is 35.8 Å². The summed E-state index contributed by atoms with van der Waals surface area (Å²) in [5, 5.41) is 17.2. The summed E-state index contributed by atoms with van der Waals surface area (Å²) in [6.07, 6.45) is 0.981. The highest BCUT2D eigenvalue weighted by atomic mass is 16.4. The number of aliphatic hydroxyl groups excluding tert-OH is 1. The molecule has 5 heteroatoms. The molecule has 0 aliphatic carbocycles. The van der Waals surface area contributed by atoms with E-state index in [0.717, 1.165) is 0 Å². The van der Waals surface area contributed by atoms with Gasteiger partial charge in [0.15, 0.2) is 6.29 Å². The average molecular weight is 193 g/mol. The number of carboxylic acid groups (broad SMARTS) is 1. The number of allylic oxidation sites excluding steroid dienone is 1. The first-order valence-electron chi connectivity index (χ1n) is 3.69. The van der Waals surface area contributed by atoms with Crippen molar-refractivity contribution in [1.82, 2.24) is 4.98 Å². The predicted molar refractivity (Wildman–Crippen MR) is 47.9 cm³/mol. The minimum absolute atomic E-state index is 0.0619. The second kappa shape index (κ2) is 4.18. The molecule has 0 unspecified atom stereocenters. The highest BCUT2D eigenvalue weighted by Gasteiger charge is 2.07. The molecule has 0 saturated carbocycles. The van der Waals surface area contributed by atoms with Gasteiger partial charge >= 0.3 is 5.97 Å². The first-order valence-corrected chi connectivity index (χ1v) is 3.69. The summed E-state index contributed by atoms with van der Waals surface area (Å²) in [5.41, 5.74) is -0.112. The minimum Gasteiger partial charge on any atom is -0.515 e. The summed E-state index contributed by atoms with van der Waals surface area (Å²) in [5.74, 6) is -1.19. The van der Waals surface area contributed by atoms with Crippen molar-refractivity contribution in [2.75, 3.05) is 0 Å². The average Bonchev–Trinajstić information content (AvgIpc) is 2.20. The topological polar surface area (TPSA) is 87.5 Å². The van der Waals surface area contributed by atoms with Crippen LogP contribution in [0.15, 0.2) is 24.5 Å². The van der Waals surface area contributed by atoms with E-state index in [9.17, 15) is 9.59 Å². The lowest BCUT2D eigenvalue weighted by molar-refractivity contribution is -0.103. The molecule has 1 aromatic heterocycles. The van der Waals surface area contributed by atoms with Gasteiger partial charge in [-0.15, -0.1) is 0 Å². The quantitative estimate of drug-likeness (QED) is 0.422. The van der Waals surface area contributed by atoms with Gasteiger partial charge in [-0.25, -0.2) is 9.78 Å². The molecule has 72 valence electrons.